The molecule has 2 aromatic carbocycles. The molecule has 51 heavy (non-hydrogen) atoms. The molecule has 3 fully saturated rings. The number of carbonyl (C=O) groups is 3. The molecule has 2 aliphatic heterocycles. The van der Waals surface area contributed by atoms with E-state index in [1.54, 1.807) is 4.90 Å². The van der Waals surface area contributed by atoms with E-state index in [9.17, 15) is 40.7 Å². The summed E-state index contributed by atoms with van der Waals surface area (Å²) >= 11 is 0. The smallest absolute Gasteiger partial charge is 0.416 e. The van der Waals surface area contributed by atoms with Gasteiger partial charge in [-0.3, -0.25) is 14.5 Å². The Morgan fingerprint density at radius 2 is 1.47 bits per heavy atom. The molecule has 2 aromatic rings. The molecular formula is C37H46F6N4O4. The Balaban J connectivity index is 1.42. The summed E-state index contributed by atoms with van der Waals surface area (Å²) in [6.07, 6.45) is -3.67. The number of rotatable bonds is 12. The molecule has 5 rings (SSSR count). The van der Waals surface area contributed by atoms with E-state index in [0.717, 1.165) is 37.7 Å². The van der Waals surface area contributed by atoms with Crippen LogP contribution in [-0.2, 0) is 39.7 Å². The van der Waals surface area contributed by atoms with E-state index < -0.39 is 59.9 Å². The molecule has 3 amide bonds. The maximum absolute atomic E-state index is 14.2. The van der Waals surface area contributed by atoms with Crippen molar-refractivity contribution >= 4 is 17.9 Å². The Bertz CT molecular complexity index is 1470. The Kier molecular flexibility index (Phi) is 12.6. The van der Waals surface area contributed by atoms with Crippen molar-refractivity contribution in [3.63, 3.8) is 0 Å². The fourth-order valence-electron chi connectivity index (χ4n) is 7.64. The quantitative estimate of drug-likeness (QED) is 0.182. The molecule has 0 radical (unpaired) electrons. The minimum Gasteiger partial charge on any atom is -0.444 e. The number of hydrogen-bond acceptors (Lipinski definition) is 5. The van der Waals surface area contributed by atoms with E-state index in [-0.39, 0.29) is 36.9 Å². The Hall–Kier alpha value is -3.81. The van der Waals surface area contributed by atoms with Crippen molar-refractivity contribution < 1.29 is 45.5 Å². The maximum Gasteiger partial charge on any atom is 0.416 e. The van der Waals surface area contributed by atoms with Crippen LogP contribution in [0.3, 0.4) is 0 Å². The van der Waals surface area contributed by atoms with Crippen LogP contribution < -0.4 is 5.73 Å². The first-order valence-electron chi connectivity index (χ1n) is 17.8. The topological polar surface area (TPSA) is 96.2 Å². The molecule has 0 unspecified atom stereocenters. The maximum atomic E-state index is 14.2. The van der Waals surface area contributed by atoms with E-state index in [1.165, 1.54) is 9.80 Å². The van der Waals surface area contributed by atoms with Gasteiger partial charge in [0.05, 0.1) is 23.6 Å². The largest absolute Gasteiger partial charge is 0.444 e. The number of halogens is 6. The first-order valence-corrected chi connectivity index (χ1v) is 17.8. The van der Waals surface area contributed by atoms with Crippen molar-refractivity contribution in [1.82, 2.24) is 14.7 Å². The lowest BCUT2D eigenvalue weighted by Gasteiger charge is -2.54. The van der Waals surface area contributed by atoms with Gasteiger partial charge in [-0.25, -0.2) is 4.79 Å². The highest BCUT2D eigenvalue weighted by Crippen LogP contribution is 2.37. The van der Waals surface area contributed by atoms with Crippen molar-refractivity contribution in [2.24, 2.45) is 17.6 Å². The predicted octanol–water partition coefficient (Wildman–Crippen LogP) is 7.39. The molecule has 1 saturated carbocycles. The average molecular weight is 725 g/mol. The lowest BCUT2D eigenvalue weighted by Crippen LogP contribution is -2.73. The van der Waals surface area contributed by atoms with E-state index in [0.29, 0.717) is 63.7 Å². The fraction of sp³-hybridized carbons (Fsp3) is 0.595. The molecule has 2 heterocycles. The van der Waals surface area contributed by atoms with Gasteiger partial charge in [-0.2, -0.15) is 26.3 Å². The number of unbranched alkanes of at least 4 members (excludes halogenated alkanes) is 1. The summed E-state index contributed by atoms with van der Waals surface area (Å²) in [5.74, 6) is -0.872. The van der Waals surface area contributed by atoms with Gasteiger partial charge < -0.3 is 20.3 Å². The Morgan fingerprint density at radius 1 is 0.804 bits per heavy atom. The van der Waals surface area contributed by atoms with Gasteiger partial charge in [0, 0.05) is 13.1 Å². The van der Waals surface area contributed by atoms with Crippen LogP contribution in [0.5, 0.6) is 0 Å². The number of benzene rings is 2. The number of fused-ring (bicyclic) bond motifs is 1. The van der Waals surface area contributed by atoms with Crippen molar-refractivity contribution in [2.75, 3.05) is 26.2 Å². The molecular weight excluding hydrogens is 678 g/mol. The summed E-state index contributed by atoms with van der Waals surface area (Å²) in [5.41, 5.74) is 3.32. The highest BCUT2D eigenvalue weighted by atomic mass is 19.4. The van der Waals surface area contributed by atoms with Crippen LogP contribution in [0.4, 0.5) is 31.1 Å². The highest BCUT2D eigenvalue weighted by Gasteiger charge is 2.52. The molecule has 8 nitrogen and oxygen atoms in total. The summed E-state index contributed by atoms with van der Waals surface area (Å²) in [7, 11) is 0. The molecule has 0 bridgehead atoms. The third kappa shape index (κ3) is 9.75. The molecule has 280 valence electrons. The third-order valence-electron chi connectivity index (χ3n) is 10.3. The summed E-state index contributed by atoms with van der Waals surface area (Å²) in [4.78, 5) is 46.8. The average Bonchev–Trinajstić information content (AvgIpc) is 3.09. The van der Waals surface area contributed by atoms with Crippen molar-refractivity contribution in [1.29, 1.82) is 0 Å². The first kappa shape index (κ1) is 38.4. The Labute approximate surface area is 294 Å². The van der Waals surface area contributed by atoms with Crippen LogP contribution in [-0.4, -0.2) is 71.0 Å². The summed E-state index contributed by atoms with van der Waals surface area (Å²) in [5, 5.41) is 0. The summed E-state index contributed by atoms with van der Waals surface area (Å²) < 4.78 is 86.6. The second kappa shape index (κ2) is 16.7. The van der Waals surface area contributed by atoms with E-state index >= 15 is 0 Å². The number of nitrogens with two attached hydrogens (primary N) is 1. The van der Waals surface area contributed by atoms with Crippen molar-refractivity contribution in [3.8, 4) is 0 Å². The zero-order chi connectivity index (χ0) is 36.8. The number of aryl methyl sites for hydroxylation is 1. The molecule has 0 spiro atoms. The number of amides is 3. The molecule has 14 heteroatoms. The van der Waals surface area contributed by atoms with Crippen molar-refractivity contribution in [3.05, 3.63) is 70.8 Å². The second-order valence-corrected chi connectivity index (χ2v) is 14.0. The van der Waals surface area contributed by atoms with E-state index in [4.69, 9.17) is 10.5 Å². The zero-order valence-electron chi connectivity index (χ0n) is 28.6. The summed E-state index contributed by atoms with van der Waals surface area (Å²) in [6.45, 7) is -0.0196. The molecule has 3 atom stereocenters. The number of ether oxygens (including phenoxy) is 1. The van der Waals surface area contributed by atoms with E-state index in [2.05, 4.69) is 0 Å². The molecule has 2 N–H and O–H groups in total. The number of piperazine rings is 1. The molecule has 1 aliphatic carbocycles. The number of alkyl halides is 6. The van der Waals surface area contributed by atoms with Crippen LogP contribution >= 0.6 is 0 Å². The van der Waals surface area contributed by atoms with Crippen LogP contribution in [0.25, 0.3) is 0 Å². The van der Waals surface area contributed by atoms with Gasteiger partial charge in [0.1, 0.15) is 18.8 Å². The van der Waals surface area contributed by atoms with Gasteiger partial charge in [0.25, 0.3) is 0 Å². The Morgan fingerprint density at radius 3 is 2.10 bits per heavy atom. The highest BCUT2D eigenvalue weighted by molar-refractivity contribution is 5.91. The SMILES string of the molecule is NCCCC[C@H]1C(=O)N(CC2CCCCC2)C[C@@H]2N(C(=O)OCc3cc(C(F)(F)F)cc(C(F)(F)F)c3)C[C@@H](CCCc3ccccc3)C(=O)N21. The second-order valence-electron chi connectivity index (χ2n) is 14.0. The van der Waals surface area contributed by atoms with E-state index in [1.807, 2.05) is 30.3 Å². The third-order valence-corrected chi connectivity index (χ3v) is 10.3. The first-order chi connectivity index (χ1) is 24.3. The van der Waals surface area contributed by atoms with Crippen molar-refractivity contribution in [2.45, 2.75) is 102 Å². The monoisotopic (exact) mass is 724 g/mol. The lowest BCUT2D eigenvalue weighted by atomic mass is 9.87. The minimum atomic E-state index is -5.06. The van der Waals surface area contributed by atoms with Crippen LogP contribution in [0, 0.1) is 11.8 Å². The zero-order valence-corrected chi connectivity index (χ0v) is 28.6. The van der Waals surface area contributed by atoms with Gasteiger partial charge >= 0.3 is 18.4 Å². The van der Waals surface area contributed by atoms with Gasteiger partial charge in [-0.1, -0.05) is 49.6 Å². The summed E-state index contributed by atoms with van der Waals surface area (Å²) in [6, 6.07) is 9.89. The van der Waals surface area contributed by atoms with Crippen LogP contribution in [0.2, 0.25) is 0 Å². The van der Waals surface area contributed by atoms with Crippen LogP contribution in [0.1, 0.15) is 86.5 Å². The fourth-order valence-corrected chi connectivity index (χ4v) is 7.64. The molecule has 0 aromatic heterocycles. The molecule has 3 aliphatic rings. The normalized spacial score (nSPS) is 21.9. The number of carbonyl (C=O) groups excluding carboxylic acids is 3. The standard InChI is InChI=1S/C37H46F6N4O4/c38-36(39,40)29-18-27(19-30(20-29)37(41,42)43)24-51-35(50)46-22-28(15-9-14-25-10-3-1-4-11-25)33(48)47-31(16-7-8-17-44)34(49)45(23-32(46)47)21-26-12-5-2-6-13-26/h1,3-4,10-11,18-20,26,28,31-32H,2,5-9,12-17,21-24,44H2/t28-,31+,32-/m1/s1. The lowest BCUT2D eigenvalue weighted by molar-refractivity contribution is -0.174. The molecule has 2 saturated heterocycles. The van der Waals surface area contributed by atoms with Crippen LogP contribution in [0.15, 0.2) is 48.5 Å². The predicted molar refractivity (Wildman–Crippen MR) is 177 cm³/mol. The van der Waals surface area contributed by atoms with Gasteiger partial charge in [-0.05, 0) is 93.2 Å². The number of hydrogen-bond donors (Lipinski definition) is 1. The number of nitrogens with zero attached hydrogens (tertiary/aromatic N) is 3. The van der Waals surface area contributed by atoms with Gasteiger partial charge in [0.15, 0.2) is 0 Å². The van der Waals surface area contributed by atoms with Gasteiger partial charge in [0.2, 0.25) is 11.8 Å². The minimum absolute atomic E-state index is 0.0181. The van der Waals surface area contributed by atoms with Gasteiger partial charge in [-0.15, -0.1) is 0 Å².